The lowest BCUT2D eigenvalue weighted by Gasteiger charge is -2.14. The van der Waals surface area contributed by atoms with E-state index in [2.05, 4.69) is 60.2 Å². The van der Waals surface area contributed by atoms with Crippen LogP contribution in [0.25, 0.3) is 0 Å². The third-order valence-electron chi connectivity index (χ3n) is 2.91. The molecule has 0 aliphatic heterocycles. The van der Waals surface area contributed by atoms with E-state index in [0.717, 1.165) is 16.1 Å². The average molecular weight is 294 g/mol. The fourth-order valence-corrected chi connectivity index (χ4v) is 2.03. The minimum atomic E-state index is 0.156. The second kappa shape index (κ2) is 4.96. The summed E-state index contributed by atoms with van der Waals surface area (Å²) in [4.78, 5) is 0. The van der Waals surface area contributed by atoms with Crippen molar-refractivity contribution in [3.05, 3.63) is 51.9 Å². The van der Waals surface area contributed by atoms with Gasteiger partial charge in [0.25, 0.3) is 0 Å². The van der Waals surface area contributed by atoms with Gasteiger partial charge in [-0.15, -0.1) is 0 Å². The molecule has 1 aromatic carbocycles. The fourth-order valence-electron chi connectivity index (χ4n) is 1.71. The molecule has 90 valence electrons. The van der Waals surface area contributed by atoms with Crippen molar-refractivity contribution < 1.29 is 4.42 Å². The van der Waals surface area contributed by atoms with E-state index in [-0.39, 0.29) is 6.04 Å². The molecule has 2 aromatic rings. The lowest BCUT2D eigenvalue weighted by Crippen LogP contribution is -2.05. The van der Waals surface area contributed by atoms with E-state index in [0.29, 0.717) is 0 Å². The van der Waals surface area contributed by atoms with Crippen molar-refractivity contribution in [1.82, 2.24) is 0 Å². The maximum Gasteiger partial charge on any atom is 0.169 e. The summed E-state index contributed by atoms with van der Waals surface area (Å²) in [5.74, 6) is 0.926. The van der Waals surface area contributed by atoms with Gasteiger partial charge in [0.2, 0.25) is 0 Å². The van der Waals surface area contributed by atoms with Gasteiger partial charge in [0.05, 0.1) is 6.04 Å². The number of aryl methyl sites for hydroxylation is 2. The third kappa shape index (κ3) is 2.91. The lowest BCUT2D eigenvalue weighted by atomic mass is 10.1. The fraction of sp³-hybridized carbons (Fsp3) is 0.286. The van der Waals surface area contributed by atoms with Crippen LogP contribution < -0.4 is 5.32 Å². The standard InChI is InChI=1S/C14H16BrNO/c1-9-4-5-12(8-10(9)2)16-11(3)13-6-7-14(15)17-13/h4-8,11,16H,1-3H3. The van der Waals surface area contributed by atoms with Crippen molar-refractivity contribution in [3.8, 4) is 0 Å². The summed E-state index contributed by atoms with van der Waals surface area (Å²) < 4.78 is 6.29. The normalized spacial score (nSPS) is 12.5. The Hall–Kier alpha value is -1.22. The molecule has 0 saturated carbocycles. The van der Waals surface area contributed by atoms with E-state index >= 15 is 0 Å². The summed E-state index contributed by atoms with van der Waals surface area (Å²) in [5.41, 5.74) is 3.72. The first-order valence-electron chi connectivity index (χ1n) is 5.65. The largest absolute Gasteiger partial charge is 0.452 e. The third-order valence-corrected chi connectivity index (χ3v) is 3.34. The van der Waals surface area contributed by atoms with Gasteiger partial charge in [0.1, 0.15) is 5.76 Å². The van der Waals surface area contributed by atoms with Crippen molar-refractivity contribution in [2.45, 2.75) is 26.8 Å². The van der Waals surface area contributed by atoms with Crippen LogP contribution in [0.2, 0.25) is 0 Å². The molecule has 0 spiro atoms. The zero-order chi connectivity index (χ0) is 12.4. The molecule has 1 N–H and O–H groups in total. The Kier molecular flexibility index (Phi) is 3.57. The van der Waals surface area contributed by atoms with Crippen LogP contribution >= 0.6 is 15.9 Å². The summed E-state index contributed by atoms with van der Waals surface area (Å²) in [6, 6.07) is 10.4. The van der Waals surface area contributed by atoms with E-state index in [1.807, 2.05) is 12.1 Å². The molecule has 0 radical (unpaired) electrons. The molecule has 0 amide bonds. The van der Waals surface area contributed by atoms with Crippen molar-refractivity contribution in [1.29, 1.82) is 0 Å². The number of hydrogen-bond acceptors (Lipinski definition) is 2. The predicted molar refractivity (Wildman–Crippen MR) is 74.4 cm³/mol. The van der Waals surface area contributed by atoms with Crippen molar-refractivity contribution >= 4 is 21.6 Å². The van der Waals surface area contributed by atoms with Gasteiger partial charge in [-0.05, 0) is 72.1 Å². The van der Waals surface area contributed by atoms with E-state index < -0.39 is 0 Å². The maximum atomic E-state index is 5.53. The van der Waals surface area contributed by atoms with Crippen LogP contribution in [-0.4, -0.2) is 0 Å². The van der Waals surface area contributed by atoms with Gasteiger partial charge in [-0.2, -0.15) is 0 Å². The number of rotatable bonds is 3. The second-order valence-corrected chi connectivity index (χ2v) is 5.09. The Balaban J connectivity index is 2.12. The topological polar surface area (TPSA) is 25.2 Å². The monoisotopic (exact) mass is 293 g/mol. The molecule has 0 bridgehead atoms. The van der Waals surface area contributed by atoms with Crippen LogP contribution in [0.3, 0.4) is 0 Å². The number of halogens is 1. The summed E-state index contributed by atoms with van der Waals surface area (Å²) >= 11 is 3.31. The van der Waals surface area contributed by atoms with Crippen LogP contribution in [-0.2, 0) is 0 Å². The van der Waals surface area contributed by atoms with Gasteiger partial charge in [0, 0.05) is 5.69 Å². The molecule has 0 fully saturated rings. The number of furan rings is 1. The van der Waals surface area contributed by atoms with Crippen molar-refractivity contribution in [2.24, 2.45) is 0 Å². The zero-order valence-corrected chi connectivity index (χ0v) is 11.8. The minimum Gasteiger partial charge on any atom is -0.452 e. The molecule has 0 saturated heterocycles. The van der Waals surface area contributed by atoms with Gasteiger partial charge in [-0.3, -0.25) is 0 Å². The van der Waals surface area contributed by atoms with Crippen molar-refractivity contribution in [2.75, 3.05) is 5.32 Å². The molecule has 17 heavy (non-hydrogen) atoms. The number of anilines is 1. The van der Waals surface area contributed by atoms with E-state index in [9.17, 15) is 0 Å². The first-order chi connectivity index (χ1) is 8.06. The Morgan fingerprint density at radius 1 is 1.12 bits per heavy atom. The number of hydrogen-bond donors (Lipinski definition) is 1. The van der Waals surface area contributed by atoms with Gasteiger partial charge in [-0.1, -0.05) is 6.07 Å². The van der Waals surface area contributed by atoms with Crippen molar-refractivity contribution in [3.63, 3.8) is 0 Å². The smallest absolute Gasteiger partial charge is 0.169 e. The van der Waals surface area contributed by atoms with Crippen LogP contribution in [0.1, 0.15) is 29.9 Å². The van der Waals surface area contributed by atoms with E-state index in [1.165, 1.54) is 11.1 Å². The molecular formula is C14H16BrNO. The van der Waals surface area contributed by atoms with Gasteiger partial charge in [-0.25, -0.2) is 0 Å². The lowest BCUT2D eigenvalue weighted by molar-refractivity contribution is 0.471. The molecular weight excluding hydrogens is 278 g/mol. The highest BCUT2D eigenvalue weighted by molar-refractivity contribution is 9.10. The zero-order valence-electron chi connectivity index (χ0n) is 10.3. The highest BCUT2D eigenvalue weighted by atomic mass is 79.9. The Morgan fingerprint density at radius 3 is 2.47 bits per heavy atom. The molecule has 0 aliphatic rings. The van der Waals surface area contributed by atoms with Crippen LogP contribution in [0, 0.1) is 13.8 Å². The van der Waals surface area contributed by atoms with Crippen LogP contribution in [0.15, 0.2) is 39.4 Å². The Morgan fingerprint density at radius 2 is 1.88 bits per heavy atom. The molecule has 0 aliphatic carbocycles. The molecule has 1 unspecified atom stereocenters. The molecule has 3 heteroatoms. The summed E-state index contributed by atoms with van der Waals surface area (Å²) in [7, 11) is 0. The second-order valence-electron chi connectivity index (χ2n) is 4.31. The minimum absolute atomic E-state index is 0.156. The van der Waals surface area contributed by atoms with Gasteiger partial charge >= 0.3 is 0 Å². The molecule has 1 heterocycles. The Bertz CT molecular complexity index is 519. The van der Waals surface area contributed by atoms with Crippen LogP contribution in [0.4, 0.5) is 5.69 Å². The van der Waals surface area contributed by atoms with E-state index in [4.69, 9.17) is 4.42 Å². The predicted octanol–water partition coefficient (Wildman–Crippen LogP) is 4.83. The van der Waals surface area contributed by atoms with Crippen LogP contribution in [0.5, 0.6) is 0 Å². The maximum absolute atomic E-state index is 5.53. The van der Waals surface area contributed by atoms with Gasteiger partial charge in [0.15, 0.2) is 4.67 Å². The first kappa shape index (κ1) is 12.2. The molecule has 1 atom stereocenters. The Labute approximate surface area is 110 Å². The van der Waals surface area contributed by atoms with E-state index in [1.54, 1.807) is 0 Å². The van der Waals surface area contributed by atoms with Gasteiger partial charge < -0.3 is 9.73 Å². The number of benzene rings is 1. The summed E-state index contributed by atoms with van der Waals surface area (Å²) in [6.07, 6.45) is 0. The molecule has 2 rings (SSSR count). The highest BCUT2D eigenvalue weighted by Crippen LogP contribution is 2.24. The summed E-state index contributed by atoms with van der Waals surface area (Å²) in [5, 5.41) is 3.42. The molecule has 1 aromatic heterocycles. The molecule has 2 nitrogen and oxygen atoms in total. The first-order valence-corrected chi connectivity index (χ1v) is 6.44. The SMILES string of the molecule is Cc1ccc(NC(C)c2ccc(Br)o2)cc1C. The average Bonchev–Trinajstić information content (AvgIpc) is 2.70. The quantitative estimate of drug-likeness (QED) is 0.877. The summed E-state index contributed by atoms with van der Waals surface area (Å²) in [6.45, 7) is 6.32. The highest BCUT2D eigenvalue weighted by Gasteiger charge is 2.09. The number of nitrogens with one attached hydrogen (secondary N) is 1.